The number of benzene rings is 2. The summed E-state index contributed by atoms with van der Waals surface area (Å²) in [6.07, 6.45) is 1.71. The van der Waals surface area contributed by atoms with E-state index in [2.05, 4.69) is 20.9 Å². The molecule has 0 aliphatic rings. The summed E-state index contributed by atoms with van der Waals surface area (Å²) >= 11 is 3.23. The summed E-state index contributed by atoms with van der Waals surface area (Å²) in [6.45, 7) is 0. The Morgan fingerprint density at radius 3 is 2.71 bits per heavy atom. The van der Waals surface area contributed by atoms with Gasteiger partial charge in [-0.25, -0.2) is 4.79 Å². The van der Waals surface area contributed by atoms with Crippen LogP contribution in [0.3, 0.4) is 0 Å². The Balaban J connectivity index is 1.99. The number of ether oxygens (including phenoxy) is 1. The van der Waals surface area contributed by atoms with Crippen molar-refractivity contribution in [3.05, 3.63) is 64.8 Å². The molecule has 0 unspecified atom stereocenters. The van der Waals surface area contributed by atoms with E-state index in [0.29, 0.717) is 16.0 Å². The lowest BCUT2D eigenvalue weighted by molar-refractivity contribution is 0.0696. The zero-order chi connectivity index (χ0) is 14.8. The van der Waals surface area contributed by atoms with E-state index in [9.17, 15) is 4.79 Å². The second kappa shape index (κ2) is 5.54. The van der Waals surface area contributed by atoms with Crippen LogP contribution < -0.4 is 4.74 Å². The van der Waals surface area contributed by atoms with Gasteiger partial charge in [0.1, 0.15) is 11.3 Å². The average Bonchev–Trinajstić information content (AvgIpc) is 2.47. The number of aromatic carboxylic acids is 1. The van der Waals surface area contributed by atoms with E-state index in [1.165, 1.54) is 6.07 Å². The first-order valence-electron chi connectivity index (χ1n) is 6.19. The molecule has 0 spiro atoms. The van der Waals surface area contributed by atoms with Crippen molar-refractivity contribution in [1.29, 1.82) is 0 Å². The maximum atomic E-state index is 11.0. The monoisotopic (exact) mass is 343 g/mol. The number of carboxylic acids is 1. The minimum Gasteiger partial charge on any atom is -0.478 e. The van der Waals surface area contributed by atoms with Gasteiger partial charge in [-0.2, -0.15) is 0 Å². The normalized spacial score (nSPS) is 10.5. The molecule has 104 valence electrons. The summed E-state index contributed by atoms with van der Waals surface area (Å²) < 4.78 is 6.29. The SMILES string of the molecule is O=C(O)c1ccc(Oc2cccc3cccnc23)cc1Br. The summed E-state index contributed by atoms with van der Waals surface area (Å²) in [5.41, 5.74) is 0.955. The summed E-state index contributed by atoms with van der Waals surface area (Å²) in [5.74, 6) is 0.188. The number of hydrogen-bond donors (Lipinski definition) is 1. The van der Waals surface area contributed by atoms with Gasteiger partial charge in [0.05, 0.1) is 5.56 Å². The number of carboxylic acid groups (broad SMARTS) is 1. The van der Waals surface area contributed by atoms with E-state index >= 15 is 0 Å². The highest BCUT2D eigenvalue weighted by molar-refractivity contribution is 9.10. The van der Waals surface area contributed by atoms with Crippen molar-refractivity contribution in [2.45, 2.75) is 0 Å². The maximum Gasteiger partial charge on any atom is 0.336 e. The van der Waals surface area contributed by atoms with E-state index in [-0.39, 0.29) is 5.56 Å². The first-order chi connectivity index (χ1) is 10.1. The summed E-state index contributed by atoms with van der Waals surface area (Å²) in [5, 5.41) is 9.99. The molecule has 0 radical (unpaired) electrons. The molecule has 5 heteroatoms. The highest BCUT2D eigenvalue weighted by Gasteiger charge is 2.10. The molecule has 0 aliphatic heterocycles. The van der Waals surface area contributed by atoms with Gasteiger partial charge in [0.25, 0.3) is 0 Å². The third-order valence-corrected chi connectivity index (χ3v) is 3.65. The summed E-state index contributed by atoms with van der Waals surface area (Å²) in [6, 6.07) is 14.2. The minimum atomic E-state index is -0.986. The Morgan fingerprint density at radius 2 is 1.95 bits per heavy atom. The number of hydrogen-bond acceptors (Lipinski definition) is 3. The van der Waals surface area contributed by atoms with Crippen LogP contribution in [0.15, 0.2) is 59.2 Å². The number of para-hydroxylation sites is 1. The molecule has 0 aliphatic carbocycles. The Bertz CT molecular complexity index is 827. The number of rotatable bonds is 3. The smallest absolute Gasteiger partial charge is 0.336 e. The minimum absolute atomic E-state index is 0.193. The Labute approximate surface area is 129 Å². The Kier molecular flexibility index (Phi) is 3.58. The number of carbonyl (C=O) groups is 1. The molecule has 0 bridgehead atoms. The van der Waals surface area contributed by atoms with E-state index in [4.69, 9.17) is 9.84 Å². The molecule has 0 amide bonds. The van der Waals surface area contributed by atoms with Crippen LogP contribution in [0.1, 0.15) is 10.4 Å². The van der Waals surface area contributed by atoms with Gasteiger partial charge in [0.2, 0.25) is 0 Å². The fourth-order valence-electron chi connectivity index (χ4n) is 2.02. The van der Waals surface area contributed by atoms with Gasteiger partial charge in [-0.05, 0) is 46.3 Å². The predicted molar refractivity (Wildman–Crippen MR) is 82.9 cm³/mol. The van der Waals surface area contributed by atoms with E-state index < -0.39 is 5.97 Å². The molecule has 1 N–H and O–H groups in total. The van der Waals surface area contributed by atoms with Crippen molar-refractivity contribution in [1.82, 2.24) is 4.98 Å². The molecular weight excluding hydrogens is 334 g/mol. The molecule has 3 aromatic rings. The third kappa shape index (κ3) is 2.73. The van der Waals surface area contributed by atoms with Crippen LogP contribution in [0.4, 0.5) is 0 Å². The first-order valence-corrected chi connectivity index (χ1v) is 6.99. The fourth-order valence-corrected chi connectivity index (χ4v) is 2.55. The predicted octanol–water partition coefficient (Wildman–Crippen LogP) is 4.49. The van der Waals surface area contributed by atoms with Gasteiger partial charge in [-0.3, -0.25) is 4.98 Å². The average molecular weight is 344 g/mol. The Hall–Kier alpha value is -2.40. The van der Waals surface area contributed by atoms with E-state index in [0.717, 1.165) is 10.9 Å². The van der Waals surface area contributed by atoms with Crippen LogP contribution in [-0.2, 0) is 0 Å². The first kappa shape index (κ1) is 13.6. The summed E-state index contributed by atoms with van der Waals surface area (Å²) in [4.78, 5) is 15.3. The van der Waals surface area contributed by atoms with E-state index in [1.807, 2.05) is 30.3 Å². The molecular formula is C16H10BrNO3. The van der Waals surface area contributed by atoms with Crippen LogP contribution in [0.5, 0.6) is 11.5 Å². The van der Waals surface area contributed by atoms with Crippen molar-refractivity contribution in [3.63, 3.8) is 0 Å². The van der Waals surface area contributed by atoms with Crippen LogP contribution in [0.2, 0.25) is 0 Å². The molecule has 4 nitrogen and oxygen atoms in total. The molecule has 2 aromatic carbocycles. The maximum absolute atomic E-state index is 11.0. The standard InChI is InChI=1S/C16H10BrNO3/c17-13-9-11(6-7-12(13)16(19)20)21-14-5-1-3-10-4-2-8-18-15(10)14/h1-9H,(H,19,20). The Morgan fingerprint density at radius 1 is 1.14 bits per heavy atom. The van der Waals surface area contributed by atoms with Crippen LogP contribution in [-0.4, -0.2) is 16.1 Å². The lowest BCUT2D eigenvalue weighted by atomic mass is 10.2. The van der Waals surface area contributed by atoms with Gasteiger partial charge in [-0.1, -0.05) is 18.2 Å². The topological polar surface area (TPSA) is 59.4 Å². The van der Waals surface area contributed by atoms with Crippen molar-refractivity contribution in [2.24, 2.45) is 0 Å². The van der Waals surface area contributed by atoms with Gasteiger partial charge in [-0.15, -0.1) is 0 Å². The molecule has 0 saturated carbocycles. The van der Waals surface area contributed by atoms with Gasteiger partial charge < -0.3 is 9.84 Å². The number of aromatic nitrogens is 1. The van der Waals surface area contributed by atoms with Crippen LogP contribution in [0.25, 0.3) is 10.9 Å². The quantitative estimate of drug-likeness (QED) is 0.761. The zero-order valence-corrected chi connectivity index (χ0v) is 12.4. The lowest BCUT2D eigenvalue weighted by Crippen LogP contribution is -1.97. The molecule has 3 rings (SSSR count). The van der Waals surface area contributed by atoms with Gasteiger partial charge >= 0.3 is 5.97 Å². The highest BCUT2D eigenvalue weighted by atomic mass is 79.9. The van der Waals surface area contributed by atoms with Crippen molar-refractivity contribution >= 4 is 32.8 Å². The molecule has 0 saturated heterocycles. The fraction of sp³-hybridized carbons (Fsp3) is 0. The van der Waals surface area contributed by atoms with Gasteiger partial charge in [0.15, 0.2) is 5.75 Å². The molecule has 1 heterocycles. The van der Waals surface area contributed by atoms with E-state index in [1.54, 1.807) is 18.3 Å². The van der Waals surface area contributed by atoms with Crippen molar-refractivity contribution in [2.75, 3.05) is 0 Å². The number of fused-ring (bicyclic) bond motifs is 1. The lowest BCUT2D eigenvalue weighted by Gasteiger charge is -2.09. The highest BCUT2D eigenvalue weighted by Crippen LogP contribution is 2.30. The molecule has 0 fully saturated rings. The molecule has 1 aromatic heterocycles. The zero-order valence-electron chi connectivity index (χ0n) is 10.8. The number of nitrogens with zero attached hydrogens (tertiary/aromatic N) is 1. The van der Waals surface area contributed by atoms with Crippen molar-refractivity contribution in [3.8, 4) is 11.5 Å². The van der Waals surface area contributed by atoms with Crippen LogP contribution >= 0.6 is 15.9 Å². The third-order valence-electron chi connectivity index (χ3n) is 2.99. The number of pyridine rings is 1. The molecule has 0 atom stereocenters. The number of halogens is 1. The van der Waals surface area contributed by atoms with Crippen LogP contribution in [0, 0.1) is 0 Å². The van der Waals surface area contributed by atoms with Crippen molar-refractivity contribution < 1.29 is 14.6 Å². The largest absolute Gasteiger partial charge is 0.478 e. The second-order valence-corrected chi connectivity index (χ2v) is 5.23. The second-order valence-electron chi connectivity index (χ2n) is 4.38. The van der Waals surface area contributed by atoms with Gasteiger partial charge in [0, 0.05) is 16.1 Å². The summed E-state index contributed by atoms with van der Waals surface area (Å²) in [7, 11) is 0. The molecule has 21 heavy (non-hydrogen) atoms.